The van der Waals surface area contributed by atoms with Crippen molar-refractivity contribution in [2.75, 3.05) is 11.9 Å². The number of aromatic nitrogens is 1. The maximum atomic E-state index is 9.16. The van der Waals surface area contributed by atoms with E-state index in [1.54, 1.807) is 0 Å². The quantitative estimate of drug-likeness (QED) is 0.895. The molecule has 1 N–H and O–H groups in total. The molecule has 0 saturated heterocycles. The van der Waals surface area contributed by atoms with Gasteiger partial charge in [-0.2, -0.15) is 0 Å². The van der Waals surface area contributed by atoms with E-state index in [4.69, 9.17) is 5.11 Å². The first-order chi connectivity index (χ1) is 8.70. The van der Waals surface area contributed by atoms with Gasteiger partial charge in [-0.3, -0.25) is 4.98 Å². The summed E-state index contributed by atoms with van der Waals surface area (Å²) in [6.45, 7) is 2.97. The zero-order valence-electron chi connectivity index (χ0n) is 10.8. The number of hydrogen-bond acceptors (Lipinski definition) is 3. The molecule has 0 aliphatic carbocycles. The van der Waals surface area contributed by atoms with Crippen LogP contribution in [0.4, 0.5) is 5.69 Å². The van der Waals surface area contributed by atoms with E-state index in [1.807, 2.05) is 43.6 Å². The maximum absolute atomic E-state index is 9.16. The second-order valence-electron chi connectivity index (χ2n) is 4.48. The third-order valence-electron chi connectivity index (χ3n) is 3.11. The maximum Gasteiger partial charge on any atom is 0.0684 e. The molecule has 0 aliphatic heterocycles. The van der Waals surface area contributed by atoms with Crippen molar-refractivity contribution >= 4 is 5.69 Å². The van der Waals surface area contributed by atoms with Crippen molar-refractivity contribution < 1.29 is 5.11 Å². The van der Waals surface area contributed by atoms with Crippen molar-refractivity contribution in [3.63, 3.8) is 0 Å². The summed E-state index contributed by atoms with van der Waals surface area (Å²) in [6.07, 6.45) is 3.62. The highest BCUT2D eigenvalue weighted by molar-refractivity contribution is 5.50. The van der Waals surface area contributed by atoms with Crippen molar-refractivity contribution in [2.45, 2.75) is 20.1 Å². The lowest BCUT2D eigenvalue weighted by molar-refractivity contribution is 0.281. The number of pyridine rings is 1. The van der Waals surface area contributed by atoms with Gasteiger partial charge in [-0.15, -0.1) is 0 Å². The van der Waals surface area contributed by atoms with E-state index in [9.17, 15) is 0 Å². The van der Waals surface area contributed by atoms with E-state index in [2.05, 4.69) is 23.0 Å². The second kappa shape index (κ2) is 5.65. The molecular weight excluding hydrogens is 224 g/mol. The van der Waals surface area contributed by atoms with Gasteiger partial charge in [-0.25, -0.2) is 0 Å². The van der Waals surface area contributed by atoms with Crippen LogP contribution in [0.5, 0.6) is 0 Å². The lowest BCUT2D eigenvalue weighted by atomic mass is 10.1. The molecular formula is C15H18N2O. The van der Waals surface area contributed by atoms with Crippen LogP contribution in [-0.4, -0.2) is 17.1 Å². The van der Waals surface area contributed by atoms with Crippen molar-refractivity contribution in [3.05, 3.63) is 59.4 Å². The first-order valence-corrected chi connectivity index (χ1v) is 6.01. The molecule has 0 spiro atoms. The summed E-state index contributed by atoms with van der Waals surface area (Å²) in [5.74, 6) is 0. The SMILES string of the molecule is Cc1cc(N(C)Cc2ccncc2)ccc1CO. The minimum absolute atomic E-state index is 0.0974. The average molecular weight is 242 g/mol. The van der Waals surface area contributed by atoms with E-state index < -0.39 is 0 Å². The van der Waals surface area contributed by atoms with E-state index >= 15 is 0 Å². The highest BCUT2D eigenvalue weighted by Gasteiger charge is 2.04. The highest BCUT2D eigenvalue weighted by atomic mass is 16.3. The van der Waals surface area contributed by atoms with Gasteiger partial charge in [0.15, 0.2) is 0 Å². The average Bonchev–Trinajstić information content (AvgIpc) is 2.39. The molecule has 0 fully saturated rings. The molecule has 3 nitrogen and oxygen atoms in total. The van der Waals surface area contributed by atoms with Crippen LogP contribution >= 0.6 is 0 Å². The normalized spacial score (nSPS) is 10.4. The van der Waals surface area contributed by atoms with Crippen LogP contribution < -0.4 is 4.90 Å². The molecule has 18 heavy (non-hydrogen) atoms. The van der Waals surface area contributed by atoms with Gasteiger partial charge in [0.05, 0.1) is 6.61 Å². The fourth-order valence-electron chi connectivity index (χ4n) is 1.95. The Balaban J connectivity index is 2.14. The molecule has 0 unspecified atom stereocenters. The molecule has 1 aromatic carbocycles. The zero-order valence-corrected chi connectivity index (χ0v) is 10.8. The summed E-state index contributed by atoms with van der Waals surface area (Å²) in [6, 6.07) is 10.2. The van der Waals surface area contributed by atoms with Crippen molar-refractivity contribution in [1.82, 2.24) is 4.98 Å². The second-order valence-corrected chi connectivity index (χ2v) is 4.48. The fraction of sp³-hybridized carbons (Fsp3) is 0.267. The number of aryl methyl sites for hydroxylation is 1. The standard InChI is InChI=1S/C15H18N2O/c1-12-9-15(4-3-14(12)11-18)17(2)10-13-5-7-16-8-6-13/h3-9,18H,10-11H2,1-2H3. The topological polar surface area (TPSA) is 36.4 Å². The first kappa shape index (κ1) is 12.6. The zero-order chi connectivity index (χ0) is 13.0. The van der Waals surface area contributed by atoms with E-state index in [1.165, 1.54) is 5.56 Å². The van der Waals surface area contributed by atoms with Crippen molar-refractivity contribution in [3.8, 4) is 0 Å². The van der Waals surface area contributed by atoms with E-state index in [0.717, 1.165) is 23.4 Å². The third-order valence-corrected chi connectivity index (χ3v) is 3.11. The molecule has 0 saturated carbocycles. The Labute approximate surface area is 108 Å². The van der Waals surface area contributed by atoms with Crippen molar-refractivity contribution in [2.24, 2.45) is 0 Å². The molecule has 2 aromatic rings. The summed E-state index contributed by atoms with van der Waals surface area (Å²) in [4.78, 5) is 6.20. The van der Waals surface area contributed by atoms with E-state index in [0.29, 0.717) is 0 Å². The number of benzene rings is 1. The van der Waals surface area contributed by atoms with Gasteiger partial charge in [-0.1, -0.05) is 6.07 Å². The van der Waals surface area contributed by atoms with Gasteiger partial charge < -0.3 is 10.0 Å². The number of hydrogen-bond donors (Lipinski definition) is 1. The minimum Gasteiger partial charge on any atom is -0.392 e. The van der Waals surface area contributed by atoms with Crippen LogP contribution in [0.2, 0.25) is 0 Å². The van der Waals surface area contributed by atoms with Gasteiger partial charge >= 0.3 is 0 Å². The summed E-state index contributed by atoms with van der Waals surface area (Å²) in [7, 11) is 2.06. The summed E-state index contributed by atoms with van der Waals surface area (Å²) in [5, 5.41) is 9.16. The van der Waals surface area contributed by atoms with Crippen molar-refractivity contribution in [1.29, 1.82) is 0 Å². The van der Waals surface area contributed by atoms with Crippen LogP contribution in [0, 0.1) is 6.92 Å². The van der Waals surface area contributed by atoms with Gasteiger partial charge in [0, 0.05) is 31.7 Å². The Morgan fingerprint density at radius 2 is 1.89 bits per heavy atom. The Hall–Kier alpha value is -1.87. The molecule has 1 heterocycles. The monoisotopic (exact) mass is 242 g/mol. The largest absolute Gasteiger partial charge is 0.392 e. The summed E-state index contributed by atoms with van der Waals surface area (Å²) in [5.41, 5.74) is 4.49. The van der Waals surface area contributed by atoms with Crippen LogP contribution in [0.3, 0.4) is 0 Å². The number of anilines is 1. The van der Waals surface area contributed by atoms with Crippen LogP contribution in [0.1, 0.15) is 16.7 Å². The predicted octanol–water partition coefficient (Wildman–Crippen LogP) is 2.52. The summed E-state index contributed by atoms with van der Waals surface area (Å²) < 4.78 is 0. The molecule has 0 bridgehead atoms. The molecule has 94 valence electrons. The number of aliphatic hydroxyl groups excluding tert-OH is 1. The van der Waals surface area contributed by atoms with Gasteiger partial charge in [0.2, 0.25) is 0 Å². The molecule has 0 amide bonds. The Kier molecular flexibility index (Phi) is 3.95. The Morgan fingerprint density at radius 1 is 1.17 bits per heavy atom. The lowest BCUT2D eigenvalue weighted by Crippen LogP contribution is -2.16. The van der Waals surface area contributed by atoms with Crippen LogP contribution in [0.25, 0.3) is 0 Å². The number of aliphatic hydroxyl groups is 1. The molecule has 0 radical (unpaired) electrons. The van der Waals surface area contributed by atoms with Crippen LogP contribution in [0.15, 0.2) is 42.7 Å². The molecule has 0 atom stereocenters. The number of rotatable bonds is 4. The third kappa shape index (κ3) is 2.87. The lowest BCUT2D eigenvalue weighted by Gasteiger charge is -2.20. The van der Waals surface area contributed by atoms with E-state index in [-0.39, 0.29) is 6.61 Å². The Bertz CT molecular complexity index is 511. The fourth-order valence-corrected chi connectivity index (χ4v) is 1.95. The van der Waals surface area contributed by atoms with Crippen LogP contribution in [-0.2, 0) is 13.2 Å². The smallest absolute Gasteiger partial charge is 0.0684 e. The number of nitrogens with zero attached hydrogens (tertiary/aromatic N) is 2. The van der Waals surface area contributed by atoms with Gasteiger partial charge in [-0.05, 0) is 47.9 Å². The molecule has 0 aliphatic rings. The summed E-state index contributed by atoms with van der Waals surface area (Å²) >= 11 is 0. The van der Waals surface area contributed by atoms with Gasteiger partial charge in [0.1, 0.15) is 0 Å². The molecule has 2 rings (SSSR count). The predicted molar refractivity (Wildman–Crippen MR) is 73.4 cm³/mol. The minimum atomic E-state index is 0.0974. The molecule has 1 aromatic heterocycles. The first-order valence-electron chi connectivity index (χ1n) is 6.01. The van der Waals surface area contributed by atoms with Gasteiger partial charge in [0.25, 0.3) is 0 Å². The highest BCUT2D eigenvalue weighted by Crippen LogP contribution is 2.19. The molecule has 3 heteroatoms. The Morgan fingerprint density at radius 3 is 2.50 bits per heavy atom.